The molecule has 0 atom stereocenters. The van der Waals surface area contributed by atoms with Gasteiger partial charge in [-0.1, -0.05) is 12.0 Å². The van der Waals surface area contributed by atoms with Crippen LogP contribution in [0.3, 0.4) is 0 Å². The number of rotatable bonds is 4. The molecule has 0 heterocycles. The number of hydrogen-bond donors (Lipinski definition) is 1. The van der Waals surface area contributed by atoms with Gasteiger partial charge in [0.2, 0.25) is 0 Å². The minimum atomic E-state index is -0.216. The first-order valence-electron chi connectivity index (χ1n) is 4.31. The summed E-state index contributed by atoms with van der Waals surface area (Å²) in [5.74, 6) is 2.78. The second-order valence-corrected chi connectivity index (χ2v) is 3.97. The Morgan fingerprint density at radius 1 is 1.60 bits per heavy atom. The highest BCUT2D eigenvalue weighted by molar-refractivity contribution is 14.1. The van der Waals surface area contributed by atoms with Crippen molar-refractivity contribution >= 4 is 28.5 Å². The molecule has 4 heteroatoms. The maximum atomic E-state index is 11.1. The Labute approximate surface area is 102 Å². The van der Waals surface area contributed by atoms with E-state index in [1.165, 1.54) is 0 Å². The number of terminal acetylenes is 1. The fourth-order valence-electron chi connectivity index (χ4n) is 0.906. The minimum Gasteiger partial charge on any atom is -0.484 e. The van der Waals surface area contributed by atoms with Gasteiger partial charge in [0, 0.05) is 3.57 Å². The van der Waals surface area contributed by atoms with Crippen molar-refractivity contribution in [2.45, 2.75) is 0 Å². The van der Waals surface area contributed by atoms with Crippen LogP contribution in [0.15, 0.2) is 24.3 Å². The third-order valence-electron chi connectivity index (χ3n) is 1.55. The molecule has 1 rings (SSSR count). The summed E-state index contributed by atoms with van der Waals surface area (Å²) >= 11 is 2.18. The highest BCUT2D eigenvalue weighted by Crippen LogP contribution is 2.14. The van der Waals surface area contributed by atoms with Gasteiger partial charge in [-0.25, -0.2) is 0 Å². The molecule has 0 bridgehead atoms. The summed E-state index contributed by atoms with van der Waals surface area (Å²) in [5.41, 5.74) is 0. The van der Waals surface area contributed by atoms with Crippen molar-refractivity contribution in [1.82, 2.24) is 5.32 Å². The fraction of sp³-hybridized carbons (Fsp3) is 0.182. The lowest BCUT2D eigenvalue weighted by Gasteiger charge is -2.05. The van der Waals surface area contributed by atoms with Gasteiger partial charge < -0.3 is 10.1 Å². The van der Waals surface area contributed by atoms with Crippen molar-refractivity contribution < 1.29 is 9.53 Å². The number of hydrogen-bond acceptors (Lipinski definition) is 2. The van der Waals surface area contributed by atoms with Gasteiger partial charge in [0.15, 0.2) is 6.61 Å². The molecule has 0 saturated carbocycles. The topological polar surface area (TPSA) is 38.3 Å². The van der Waals surface area contributed by atoms with E-state index in [1.54, 1.807) is 6.07 Å². The average Bonchev–Trinajstić information content (AvgIpc) is 2.23. The lowest BCUT2D eigenvalue weighted by Crippen LogP contribution is -2.29. The Morgan fingerprint density at radius 2 is 2.40 bits per heavy atom. The molecular weight excluding hydrogens is 305 g/mol. The van der Waals surface area contributed by atoms with Crippen LogP contribution in [-0.2, 0) is 4.79 Å². The molecular formula is C11H10INO2. The predicted octanol–water partition coefficient (Wildman–Crippen LogP) is 1.42. The molecule has 1 aromatic rings. The van der Waals surface area contributed by atoms with Crippen molar-refractivity contribution in [2.75, 3.05) is 13.2 Å². The molecule has 3 nitrogen and oxygen atoms in total. The second-order valence-electron chi connectivity index (χ2n) is 2.73. The Bertz CT molecular complexity index is 384. The smallest absolute Gasteiger partial charge is 0.258 e. The maximum absolute atomic E-state index is 11.1. The zero-order chi connectivity index (χ0) is 11.1. The molecule has 0 spiro atoms. The van der Waals surface area contributed by atoms with Gasteiger partial charge in [-0.2, -0.15) is 0 Å². The standard InChI is InChI=1S/C11H10INO2/c1-2-6-13-11(14)8-15-10-5-3-4-9(12)7-10/h1,3-5,7H,6,8H2,(H,13,14). The van der Waals surface area contributed by atoms with Crippen LogP contribution in [0.4, 0.5) is 0 Å². The van der Waals surface area contributed by atoms with E-state index in [1.807, 2.05) is 18.2 Å². The molecule has 1 N–H and O–H groups in total. The number of ether oxygens (including phenoxy) is 1. The lowest BCUT2D eigenvalue weighted by atomic mass is 10.3. The molecule has 0 aliphatic rings. The molecule has 1 aromatic carbocycles. The van der Waals surface area contributed by atoms with Gasteiger partial charge >= 0.3 is 0 Å². The van der Waals surface area contributed by atoms with Crippen molar-refractivity contribution in [3.05, 3.63) is 27.8 Å². The summed E-state index contributed by atoms with van der Waals surface area (Å²) in [6.07, 6.45) is 5.00. The summed E-state index contributed by atoms with van der Waals surface area (Å²) < 4.78 is 6.32. The van der Waals surface area contributed by atoms with Crippen LogP contribution in [0, 0.1) is 15.9 Å². The zero-order valence-electron chi connectivity index (χ0n) is 8.00. The third-order valence-corrected chi connectivity index (χ3v) is 2.22. The Hall–Kier alpha value is -1.22. The molecule has 0 radical (unpaired) electrons. The molecule has 15 heavy (non-hydrogen) atoms. The third kappa shape index (κ3) is 4.70. The molecule has 0 aliphatic carbocycles. The summed E-state index contributed by atoms with van der Waals surface area (Å²) in [6.45, 7) is 0.219. The van der Waals surface area contributed by atoms with Gasteiger partial charge in [-0.15, -0.1) is 6.42 Å². The molecule has 0 fully saturated rings. The van der Waals surface area contributed by atoms with E-state index < -0.39 is 0 Å². The number of amides is 1. The molecule has 0 aromatic heterocycles. The number of benzene rings is 1. The van der Waals surface area contributed by atoms with Crippen LogP contribution in [0.5, 0.6) is 5.75 Å². The average molecular weight is 315 g/mol. The highest BCUT2D eigenvalue weighted by Gasteiger charge is 2.01. The molecule has 0 saturated heterocycles. The lowest BCUT2D eigenvalue weighted by molar-refractivity contribution is -0.122. The SMILES string of the molecule is C#CCNC(=O)COc1cccc(I)c1. The van der Waals surface area contributed by atoms with E-state index in [0.29, 0.717) is 5.75 Å². The van der Waals surface area contributed by atoms with Gasteiger partial charge in [-0.3, -0.25) is 4.79 Å². The maximum Gasteiger partial charge on any atom is 0.258 e. The number of nitrogens with one attached hydrogen (secondary N) is 1. The van der Waals surface area contributed by atoms with Crippen LogP contribution in [0.1, 0.15) is 0 Å². The van der Waals surface area contributed by atoms with Gasteiger partial charge in [0.25, 0.3) is 5.91 Å². The molecule has 78 valence electrons. The Morgan fingerprint density at radius 3 is 3.07 bits per heavy atom. The first-order valence-corrected chi connectivity index (χ1v) is 5.39. The predicted molar refractivity (Wildman–Crippen MR) is 66.5 cm³/mol. The largest absolute Gasteiger partial charge is 0.484 e. The minimum absolute atomic E-state index is 0.0121. The van der Waals surface area contributed by atoms with E-state index in [2.05, 4.69) is 33.8 Å². The van der Waals surface area contributed by atoms with Crippen molar-refractivity contribution in [3.8, 4) is 18.1 Å². The van der Waals surface area contributed by atoms with Crippen LogP contribution < -0.4 is 10.1 Å². The van der Waals surface area contributed by atoms with Gasteiger partial charge in [-0.05, 0) is 40.8 Å². The summed E-state index contributed by atoms with van der Waals surface area (Å²) in [7, 11) is 0. The van der Waals surface area contributed by atoms with E-state index >= 15 is 0 Å². The highest BCUT2D eigenvalue weighted by atomic mass is 127. The first-order chi connectivity index (χ1) is 7.22. The first kappa shape index (κ1) is 11.9. The van der Waals surface area contributed by atoms with E-state index in [4.69, 9.17) is 11.2 Å². The van der Waals surface area contributed by atoms with Crippen LogP contribution >= 0.6 is 22.6 Å². The Balaban J connectivity index is 2.37. The van der Waals surface area contributed by atoms with E-state index in [-0.39, 0.29) is 19.1 Å². The summed E-state index contributed by atoms with van der Waals surface area (Å²) in [5, 5.41) is 2.52. The fourth-order valence-corrected chi connectivity index (χ4v) is 1.42. The van der Waals surface area contributed by atoms with Crippen LogP contribution in [0.25, 0.3) is 0 Å². The molecule has 0 unspecified atom stereocenters. The quantitative estimate of drug-likeness (QED) is 0.674. The number of carbonyl (C=O) groups excluding carboxylic acids is 1. The summed E-state index contributed by atoms with van der Waals surface area (Å²) in [6, 6.07) is 7.48. The molecule has 1 amide bonds. The summed E-state index contributed by atoms with van der Waals surface area (Å²) in [4.78, 5) is 11.1. The zero-order valence-corrected chi connectivity index (χ0v) is 10.2. The van der Waals surface area contributed by atoms with E-state index in [0.717, 1.165) is 3.57 Å². The van der Waals surface area contributed by atoms with Crippen molar-refractivity contribution in [3.63, 3.8) is 0 Å². The van der Waals surface area contributed by atoms with Gasteiger partial charge in [0.05, 0.1) is 6.54 Å². The van der Waals surface area contributed by atoms with Crippen LogP contribution in [0.2, 0.25) is 0 Å². The number of carbonyl (C=O) groups is 1. The van der Waals surface area contributed by atoms with Crippen LogP contribution in [-0.4, -0.2) is 19.1 Å². The normalized spacial score (nSPS) is 9.07. The van der Waals surface area contributed by atoms with E-state index in [9.17, 15) is 4.79 Å². The monoisotopic (exact) mass is 315 g/mol. The van der Waals surface area contributed by atoms with Crippen molar-refractivity contribution in [2.24, 2.45) is 0 Å². The number of halogens is 1. The Kier molecular flexibility index (Phi) is 4.98. The second kappa shape index (κ2) is 6.30. The van der Waals surface area contributed by atoms with Crippen molar-refractivity contribution in [1.29, 1.82) is 0 Å². The molecule has 0 aliphatic heterocycles. The van der Waals surface area contributed by atoms with Gasteiger partial charge in [0.1, 0.15) is 5.75 Å².